The molecule has 0 aliphatic rings. The fraction of sp³-hybridized carbons (Fsp3) is 0.188. The number of anilines is 2. The molecule has 0 bridgehead atoms. The zero-order valence-electron chi connectivity index (χ0n) is 13.3. The molecule has 7 nitrogen and oxygen atoms in total. The van der Waals surface area contributed by atoms with E-state index in [0.29, 0.717) is 22.2 Å². The second kappa shape index (κ2) is 7.18. The molecule has 1 N–H and O–H groups in total. The quantitative estimate of drug-likeness (QED) is 0.476. The van der Waals surface area contributed by atoms with E-state index in [0.717, 1.165) is 0 Å². The van der Waals surface area contributed by atoms with E-state index in [1.807, 2.05) is 0 Å². The lowest BCUT2D eigenvalue weighted by Crippen LogP contribution is -2.02. The number of hydrogen-bond acceptors (Lipinski definition) is 6. The smallest absolute Gasteiger partial charge is 0.293 e. The lowest BCUT2D eigenvalue weighted by Gasteiger charge is -2.14. The molecule has 0 radical (unpaired) electrons. The zero-order valence-corrected chi connectivity index (χ0v) is 14.0. The first-order valence-corrected chi connectivity index (χ1v) is 7.23. The molecule has 0 unspecified atom stereocenters. The van der Waals surface area contributed by atoms with Crippen LogP contribution in [0, 0.1) is 10.1 Å². The van der Waals surface area contributed by atoms with Gasteiger partial charge in [0.2, 0.25) is 0 Å². The third-order valence-electron chi connectivity index (χ3n) is 3.34. The summed E-state index contributed by atoms with van der Waals surface area (Å²) in [6.45, 7) is 1.35. The van der Waals surface area contributed by atoms with Gasteiger partial charge in [0.05, 0.1) is 29.9 Å². The van der Waals surface area contributed by atoms with Crippen LogP contribution in [-0.2, 0) is 0 Å². The maximum absolute atomic E-state index is 11.4. The maximum Gasteiger partial charge on any atom is 0.293 e. The highest BCUT2D eigenvalue weighted by molar-refractivity contribution is 6.32. The molecule has 24 heavy (non-hydrogen) atoms. The third-order valence-corrected chi connectivity index (χ3v) is 3.64. The summed E-state index contributed by atoms with van der Waals surface area (Å²) in [4.78, 5) is 22.1. The summed E-state index contributed by atoms with van der Waals surface area (Å²) in [5, 5.41) is 14.5. The maximum atomic E-state index is 11.4. The molecule has 0 spiro atoms. The van der Waals surface area contributed by atoms with Gasteiger partial charge in [0.15, 0.2) is 5.78 Å². The number of nitro groups is 1. The Balaban J connectivity index is 2.49. The number of nitrogens with one attached hydrogen (secondary N) is 1. The minimum absolute atomic E-state index is 0.213. The van der Waals surface area contributed by atoms with Crippen molar-refractivity contribution in [1.29, 1.82) is 0 Å². The first-order chi connectivity index (χ1) is 11.4. The molecule has 0 atom stereocenters. The Kier molecular flexibility index (Phi) is 5.25. The number of ether oxygens (including phenoxy) is 2. The highest BCUT2D eigenvalue weighted by Gasteiger charge is 2.18. The van der Waals surface area contributed by atoms with Crippen LogP contribution in [0.25, 0.3) is 0 Å². The molecule has 0 aliphatic carbocycles. The Morgan fingerprint density at radius 2 is 1.79 bits per heavy atom. The van der Waals surface area contributed by atoms with E-state index in [2.05, 4.69) is 5.32 Å². The lowest BCUT2D eigenvalue weighted by atomic mass is 10.1. The van der Waals surface area contributed by atoms with Crippen molar-refractivity contribution in [3.8, 4) is 11.5 Å². The van der Waals surface area contributed by atoms with Gasteiger partial charge < -0.3 is 14.8 Å². The van der Waals surface area contributed by atoms with E-state index in [4.69, 9.17) is 21.1 Å². The lowest BCUT2D eigenvalue weighted by molar-refractivity contribution is -0.383. The average Bonchev–Trinajstić information content (AvgIpc) is 2.55. The van der Waals surface area contributed by atoms with Crippen molar-refractivity contribution in [2.75, 3.05) is 19.5 Å². The van der Waals surface area contributed by atoms with Crippen LogP contribution in [0.15, 0.2) is 30.3 Å². The van der Waals surface area contributed by atoms with E-state index < -0.39 is 4.92 Å². The van der Waals surface area contributed by atoms with Crippen LogP contribution in [0.5, 0.6) is 11.5 Å². The number of halogens is 1. The van der Waals surface area contributed by atoms with E-state index in [1.54, 1.807) is 12.1 Å². The van der Waals surface area contributed by atoms with Crippen LogP contribution in [0.3, 0.4) is 0 Å². The van der Waals surface area contributed by atoms with Crippen molar-refractivity contribution in [2.45, 2.75) is 6.92 Å². The first kappa shape index (κ1) is 17.6. The molecule has 0 aromatic heterocycles. The molecule has 0 amide bonds. The molecule has 0 fully saturated rings. The van der Waals surface area contributed by atoms with Crippen molar-refractivity contribution >= 4 is 34.4 Å². The SMILES string of the molecule is COc1cc(OC)c(Nc2ccc(C(C)=O)cc2[N+](=O)[O-])cc1Cl. The largest absolute Gasteiger partial charge is 0.495 e. The number of hydrogen-bond donors (Lipinski definition) is 1. The van der Waals surface area contributed by atoms with Gasteiger partial charge in [-0.3, -0.25) is 14.9 Å². The molecule has 0 saturated heterocycles. The van der Waals surface area contributed by atoms with Gasteiger partial charge in [-0.1, -0.05) is 11.6 Å². The summed E-state index contributed by atoms with van der Waals surface area (Å²) in [5.74, 6) is 0.566. The van der Waals surface area contributed by atoms with Gasteiger partial charge in [-0.2, -0.15) is 0 Å². The van der Waals surface area contributed by atoms with Gasteiger partial charge in [-0.25, -0.2) is 0 Å². The summed E-state index contributed by atoms with van der Waals surface area (Å²) >= 11 is 6.09. The van der Waals surface area contributed by atoms with Crippen molar-refractivity contribution in [3.05, 3.63) is 51.0 Å². The standard InChI is InChI=1S/C16H15ClN2O5/c1-9(20)10-4-5-12(14(6-10)19(21)22)18-13-7-11(17)15(23-2)8-16(13)24-3/h4-8,18H,1-3H3. The van der Waals surface area contributed by atoms with Crippen LogP contribution >= 0.6 is 11.6 Å². The summed E-state index contributed by atoms with van der Waals surface area (Å²) in [6.07, 6.45) is 0. The highest BCUT2D eigenvalue weighted by atomic mass is 35.5. The number of carbonyl (C=O) groups is 1. The molecule has 0 aliphatic heterocycles. The van der Waals surface area contributed by atoms with Gasteiger partial charge in [-0.15, -0.1) is 0 Å². The van der Waals surface area contributed by atoms with Crippen LogP contribution in [0.2, 0.25) is 5.02 Å². The topological polar surface area (TPSA) is 90.7 Å². The molecule has 0 saturated carbocycles. The fourth-order valence-electron chi connectivity index (χ4n) is 2.11. The number of Topliss-reactive ketones (excluding diaryl/α,β-unsaturated/α-hetero) is 1. The minimum atomic E-state index is -0.563. The van der Waals surface area contributed by atoms with E-state index in [-0.39, 0.29) is 22.7 Å². The van der Waals surface area contributed by atoms with Crippen LogP contribution < -0.4 is 14.8 Å². The van der Waals surface area contributed by atoms with Crippen LogP contribution in [0.4, 0.5) is 17.1 Å². The molecular formula is C16H15ClN2O5. The van der Waals surface area contributed by atoms with Crippen molar-refractivity contribution in [2.24, 2.45) is 0 Å². The molecule has 0 heterocycles. The Labute approximate surface area is 143 Å². The number of nitro benzene ring substituents is 1. The second-order valence-corrected chi connectivity index (χ2v) is 5.26. The zero-order chi connectivity index (χ0) is 17.9. The van der Waals surface area contributed by atoms with E-state index in [1.165, 1.54) is 39.3 Å². The summed E-state index contributed by atoms with van der Waals surface area (Å²) < 4.78 is 10.4. The Morgan fingerprint density at radius 3 is 2.33 bits per heavy atom. The van der Waals surface area contributed by atoms with E-state index in [9.17, 15) is 14.9 Å². The monoisotopic (exact) mass is 350 g/mol. The molecule has 2 aromatic rings. The van der Waals surface area contributed by atoms with Crippen LogP contribution in [-0.4, -0.2) is 24.9 Å². The number of nitrogens with zero attached hydrogens (tertiary/aromatic N) is 1. The summed E-state index contributed by atoms with van der Waals surface area (Å²) in [7, 11) is 2.93. The average molecular weight is 351 g/mol. The number of rotatable bonds is 6. The van der Waals surface area contributed by atoms with Crippen molar-refractivity contribution in [1.82, 2.24) is 0 Å². The molecule has 2 aromatic carbocycles. The van der Waals surface area contributed by atoms with Crippen LogP contribution in [0.1, 0.15) is 17.3 Å². The number of benzene rings is 2. The summed E-state index contributed by atoms with van der Waals surface area (Å²) in [5.41, 5.74) is 0.676. The normalized spacial score (nSPS) is 10.2. The Morgan fingerprint density at radius 1 is 1.12 bits per heavy atom. The minimum Gasteiger partial charge on any atom is -0.495 e. The van der Waals surface area contributed by atoms with Crippen molar-refractivity contribution in [3.63, 3.8) is 0 Å². The molecule has 126 valence electrons. The van der Waals surface area contributed by atoms with Gasteiger partial charge >= 0.3 is 0 Å². The number of ketones is 1. The van der Waals surface area contributed by atoms with E-state index >= 15 is 0 Å². The van der Waals surface area contributed by atoms with Gasteiger partial charge in [0.1, 0.15) is 17.2 Å². The molecule has 2 rings (SSSR count). The predicted octanol–water partition coefficient (Wildman–Crippen LogP) is 4.21. The number of methoxy groups -OCH3 is 2. The fourth-order valence-corrected chi connectivity index (χ4v) is 2.35. The Bertz CT molecular complexity index is 807. The summed E-state index contributed by atoms with van der Waals surface area (Å²) in [6, 6.07) is 7.31. The second-order valence-electron chi connectivity index (χ2n) is 4.86. The van der Waals surface area contributed by atoms with Gasteiger partial charge in [0, 0.05) is 17.7 Å². The Hall–Kier alpha value is -2.80. The highest BCUT2D eigenvalue weighted by Crippen LogP contribution is 2.39. The third kappa shape index (κ3) is 3.57. The van der Waals surface area contributed by atoms with Crippen molar-refractivity contribution < 1.29 is 19.2 Å². The van der Waals surface area contributed by atoms with Gasteiger partial charge in [0.25, 0.3) is 5.69 Å². The first-order valence-electron chi connectivity index (χ1n) is 6.85. The number of carbonyl (C=O) groups excluding carboxylic acids is 1. The molecular weight excluding hydrogens is 336 g/mol. The molecule has 8 heteroatoms. The van der Waals surface area contributed by atoms with Gasteiger partial charge in [-0.05, 0) is 25.1 Å². The predicted molar refractivity (Wildman–Crippen MR) is 90.9 cm³/mol.